The van der Waals surface area contributed by atoms with Crippen LogP contribution in [0.1, 0.15) is 19.8 Å². The van der Waals surface area contributed by atoms with E-state index >= 15 is 0 Å². The summed E-state index contributed by atoms with van der Waals surface area (Å²) < 4.78 is 17.9. The lowest BCUT2D eigenvalue weighted by Gasteiger charge is -2.23. The topological polar surface area (TPSA) is 70.6 Å². The minimum atomic E-state index is -0.832. The van der Waals surface area contributed by atoms with Crippen LogP contribution in [0.4, 0.5) is 10.1 Å². The third-order valence-electron chi connectivity index (χ3n) is 3.48. The fourth-order valence-electron chi connectivity index (χ4n) is 2.20. The molecule has 0 unspecified atom stereocenters. The molecular formula is C15H21FN2O3. The predicted molar refractivity (Wildman–Crippen MR) is 77.5 cm³/mol. The molecule has 0 saturated carbocycles. The van der Waals surface area contributed by atoms with Gasteiger partial charge in [-0.1, -0.05) is 0 Å². The molecule has 5 nitrogen and oxygen atoms in total. The molecule has 1 aliphatic rings. The average molecular weight is 296 g/mol. The number of halogens is 1. The van der Waals surface area contributed by atoms with E-state index in [2.05, 4.69) is 10.6 Å². The van der Waals surface area contributed by atoms with E-state index in [9.17, 15) is 14.3 Å². The van der Waals surface area contributed by atoms with E-state index in [1.807, 2.05) is 6.92 Å². The Labute approximate surface area is 123 Å². The average Bonchev–Trinajstić information content (AvgIpc) is 2.87. The zero-order chi connectivity index (χ0) is 15.3. The maximum Gasteiger partial charge on any atom is 0.225 e. The molecule has 3 N–H and O–H groups in total. The molecule has 6 heteroatoms. The second-order valence-corrected chi connectivity index (χ2v) is 5.57. The predicted octanol–water partition coefficient (Wildman–Crippen LogP) is 1.28. The minimum Gasteiger partial charge on any atom is -0.386 e. The maximum absolute atomic E-state index is 12.8. The van der Waals surface area contributed by atoms with Crippen LogP contribution in [0.25, 0.3) is 0 Å². The molecule has 1 saturated heterocycles. The van der Waals surface area contributed by atoms with Crippen molar-refractivity contribution in [1.29, 1.82) is 0 Å². The van der Waals surface area contributed by atoms with Gasteiger partial charge >= 0.3 is 0 Å². The number of benzene rings is 1. The van der Waals surface area contributed by atoms with Crippen molar-refractivity contribution in [2.24, 2.45) is 0 Å². The van der Waals surface area contributed by atoms with Gasteiger partial charge in [0.25, 0.3) is 0 Å². The highest BCUT2D eigenvalue weighted by molar-refractivity contribution is 5.91. The number of hydrogen-bond acceptors (Lipinski definition) is 4. The zero-order valence-corrected chi connectivity index (χ0v) is 12.1. The van der Waals surface area contributed by atoms with Crippen LogP contribution in [0.3, 0.4) is 0 Å². The first kappa shape index (κ1) is 15.9. The third-order valence-corrected chi connectivity index (χ3v) is 3.48. The van der Waals surface area contributed by atoms with Crippen LogP contribution in [0.15, 0.2) is 24.3 Å². The highest BCUT2D eigenvalue weighted by Crippen LogP contribution is 2.17. The molecule has 1 heterocycles. The second-order valence-electron chi connectivity index (χ2n) is 5.57. The summed E-state index contributed by atoms with van der Waals surface area (Å²) in [5, 5.41) is 16.0. The Hall–Kier alpha value is -1.50. The highest BCUT2D eigenvalue weighted by atomic mass is 19.1. The van der Waals surface area contributed by atoms with E-state index in [0.717, 1.165) is 0 Å². The molecule has 21 heavy (non-hydrogen) atoms. The Bertz CT molecular complexity index is 472. The first-order valence-corrected chi connectivity index (χ1v) is 7.06. The minimum absolute atomic E-state index is 0.0740. The lowest BCUT2D eigenvalue weighted by molar-refractivity contribution is -0.116. The van der Waals surface area contributed by atoms with Gasteiger partial charge in [0.1, 0.15) is 11.4 Å². The lowest BCUT2D eigenvalue weighted by Crippen LogP contribution is -2.45. The molecule has 0 bridgehead atoms. The van der Waals surface area contributed by atoms with Crippen LogP contribution >= 0.6 is 0 Å². The van der Waals surface area contributed by atoms with E-state index in [-0.39, 0.29) is 24.2 Å². The molecule has 0 spiro atoms. The van der Waals surface area contributed by atoms with Gasteiger partial charge in [0, 0.05) is 37.7 Å². The summed E-state index contributed by atoms with van der Waals surface area (Å²) in [7, 11) is 0. The fraction of sp³-hybridized carbons (Fsp3) is 0.533. The van der Waals surface area contributed by atoms with Crippen molar-refractivity contribution >= 4 is 11.6 Å². The van der Waals surface area contributed by atoms with Gasteiger partial charge in [-0.15, -0.1) is 0 Å². The van der Waals surface area contributed by atoms with E-state index in [4.69, 9.17) is 4.74 Å². The molecule has 2 atom stereocenters. The SMILES string of the molecule is C[C@@H](CC(=O)Nc1ccc(F)cc1)NC[C@@]1(O)CCOC1. The fourth-order valence-corrected chi connectivity index (χ4v) is 2.20. The number of amides is 1. The number of nitrogens with one attached hydrogen (secondary N) is 2. The van der Waals surface area contributed by atoms with Gasteiger partial charge < -0.3 is 20.5 Å². The van der Waals surface area contributed by atoms with Crippen LogP contribution in [0.5, 0.6) is 0 Å². The summed E-state index contributed by atoms with van der Waals surface area (Å²) in [5.41, 5.74) is -0.266. The molecule has 2 rings (SSSR count). The Morgan fingerprint density at radius 3 is 2.81 bits per heavy atom. The van der Waals surface area contributed by atoms with Crippen LogP contribution in [0, 0.1) is 5.82 Å². The Morgan fingerprint density at radius 1 is 1.48 bits per heavy atom. The second kappa shape index (κ2) is 6.98. The van der Waals surface area contributed by atoms with Crippen LogP contribution in [-0.4, -0.2) is 42.4 Å². The van der Waals surface area contributed by atoms with Gasteiger partial charge in [0.15, 0.2) is 0 Å². The van der Waals surface area contributed by atoms with Crippen LogP contribution in [-0.2, 0) is 9.53 Å². The van der Waals surface area contributed by atoms with Gasteiger partial charge in [0.2, 0.25) is 5.91 Å². The summed E-state index contributed by atoms with van der Waals surface area (Å²) in [6.07, 6.45) is 0.878. The Kier molecular flexibility index (Phi) is 5.27. The van der Waals surface area contributed by atoms with E-state index in [0.29, 0.717) is 31.9 Å². The maximum atomic E-state index is 12.8. The first-order chi connectivity index (χ1) is 9.97. The molecule has 116 valence electrons. The molecule has 1 aromatic carbocycles. The number of ether oxygens (including phenoxy) is 1. The molecule has 1 fully saturated rings. The van der Waals surface area contributed by atoms with Crippen molar-refractivity contribution < 1.29 is 19.0 Å². The summed E-state index contributed by atoms with van der Waals surface area (Å²) in [6.45, 7) is 3.17. The number of anilines is 1. The van der Waals surface area contributed by atoms with Gasteiger partial charge in [-0.2, -0.15) is 0 Å². The first-order valence-electron chi connectivity index (χ1n) is 7.06. The lowest BCUT2D eigenvalue weighted by atomic mass is 10.0. The Balaban J connectivity index is 1.72. The summed E-state index contributed by atoms with van der Waals surface area (Å²) in [5.74, 6) is -0.494. The van der Waals surface area contributed by atoms with E-state index in [1.54, 1.807) is 0 Å². The quantitative estimate of drug-likeness (QED) is 0.739. The van der Waals surface area contributed by atoms with Crippen molar-refractivity contribution in [2.45, 2.75) is 31.4 Å². The van der Waals surface area contributed by atoms with Crippen molar-refractivity contribution in [3.8, 4) is 0 Å². The van der Waals surface area contributed by atoms with Crippen molar-refractivity contribution in [3.63, 3.8) is 0 Å². The van der Waals surface area contributed by atoms with Crippen molar-refractivity contribution in [1.82, 2.24) is 5.32 Å². The number of carbonyl (C=O) groups excluding carboxylic acids is 1. The number of rotatable bonds is 6. The van der Waals surface area contributed by atoms with Gasteiger partial charge in [-0.3, -0.25) is 4.79 Å². The molecule has 0 aromatic heterocycles. The summed E-state index contributed by atoms with van der Waals surface area (Å²) >= 11 is 0. The number of hydrogen-bond donors (Lipinski definition) is 3. The monoisotopic (exact) mass is 296 g/mol. The van der Waals surface area contributed by atoms with Crippen LogP contribution in [0.2, 0.25) is 0 Å². The van der Waals surface area contributed by atoms with E-state index < -0.39 is 5.60 Å². The standard InChI is InChI=1S/C15H21FN2O3/c1-11(17-9-15(20)6-7-21-10-15)8-14(19)18-13-4-2-12(16)3-5-13/h2-5,11,17,20H,6-10H2,1H3,(H,18,19)/t11-,15-/m0/s1. The largest absolute Gasteiger partial charge is 0.386 e. The normalized spacial score (nSPS) is 23.0. The third kappa shape index (κ3) is 5.08. The number of carbonyl (C=O) groups is 1. The molecule has 0 radical (unpaired) electrons. The van der Waals surface area contributed by atoms with E-state index in [1.165, 1.54) is 24.3 Å². The molecule has 0 aliphatic carbocycles. The van der Waals surface area contributed by atoms with Gasteiger partial charge in [-0.25, -0.2) is 4.39 Å². The van der Waals surface area contributed by atoms with Gasteiger partial charge in [-0.05, 0) is 31.2 Å². The summed E-state index contributed by atoms with van der Waals surface area (Å²) in [4.78, 5) is 11.9. The highest BCUT2D eigenvalue weighted by Gasteiger charge is 2.32. The van der Waals surface area contributed by atoms with Crippen molar-refractivity contribution in [3.05, 3.63) is 30.1 Å². The number of aliphatic hydroxyl groups is 1. The summed E-state index contributed by atoms with van der Waals surface area (Å²) in [6, 6.07) is 5.56. The molecular weight excluding hydrogens is 275 g/mol. The van der Waals surface area contributed by atoms with Crippen LogP contribution < -0.4 is 10.6 Å². The van der Waals surface area contributed by atoms with Crippen molar-refractivity contribution in [2.75, 3.05) is 25.1 Å². The Morgan fingerprint density at radius 2 is 2.19 bits per heavy atom. The smallest absolute Gasteiger partial charge is 0.225 e. The van der Waals surface area contributed by atoms with Gasteiger partial charge in [0.05, 0.1) is 6.61 Å². The molecule has 1 amide bonds. The zero-order valence-electron chi connectivity index (χ0n) is 12.1. The molecule has 1 aromatic rings. The molecule has 1 aliphatic heterocycles.